The maximum atomic E-state index is 11.7. The van der Waals surface area contributed by atoms with Gasteiger partial charge in [0.05, 0.1) is 0 Å². The van der Waals surface area contributed by atoms with Gasteiger partial charge in [0.1, 0.15) is 0 Å². The van der Waals surface area contributed by atoms with E-state index in [9.17, 15) is 4.79 Å². The van der Waals surface area contributed by atoms with E-state index in [4.69, 9.17) is 27.9 Å². The highest BCUT2D eigenvalue weighted by atomic mass is 35.5. The second-order valence-corrected chi connectivity index (χ2v) is 4.05. The Labute approximate surface area is 99.1 Å². The fourth-order valence-electron chi connectivity index (χ4n) is 1.24. The van der Waals surface area contributed by atoms with Gasteiger partial charge in [0.15, 0.2) is 5.78 Å². The summed E-state index contributed by atoms with van der Waals surface area (Å²) in [5, 5.41) is 0.968. The summed E-state index contributed by atoms with van der Waals surface area (Å²) in [6, 6.07) is 4.86. The van der Waals surface area contributed by atoms with E-state index < -0.39 is 0 Å². The molecule has 0 aliphatic heterocycles. The lowest BCUT2D eigenvalue weighted by molar-refractivity contribution is 0.0963. The number of carbonyl (C=O) groups excluding carboxylic acids is 1. The van der Waals surface area contributed by atoms with Crippen molar-refractivity contribution in [3.05, 3.63) is 33.8 Å². The first-order chi connectivity index (χ1) is 7.13. The lowest BCUT2D eigenvalue weighted by Crippen LogP contribution is -2.01. The minimum absolute atomic E-state index is 0.0384. The van der Waals surface area contributed by atoms with Gasteiger partial charge in [-0.3, -0.25) is 4.79 Å². The van der Waals surface area contributed by atoms with Gasteiger partial charge in [-0.1, -0.05) is 23.2 Å². The van der Waals surface area contributed by atoms with Crippen LogP contribution in [0.5, 0.6) is 0 Å². The average Bonchev–Trinajstić information content (AvgIpc) is 2.16. The molecule has 0 aromatic heterocycles. The van der Waals surface area contributed by atoms with Gasteiger partial charge in [0.25, 0.3) is 0 Å². The highest BCUT2D eigenvalue weighted by Crippen LogP contribution is 2.20. The normalized spacial score (nSPS) is 10.3. The Bertz CT molecular complexity index is 330. The van der Waals surface area contributed by atoms with Crippen molar-refractivity contribution >= 4 is 29.0 Å². The fraction of sp³-hybridized carbons (Fsp3) is 0.364. The first-order valence-electron chi connectivity index (χ1n) is 4.61. The summed E-state index contributed by atoms with van der Waals surface area (Å²) in [5.41, 5.74) is 0.559. The molecule has 0 radical (unpaired) electrons. The van der Waals surface area contributed by atoms with Crippen molar-refractivity contribution in [1.82, 2.24) is 0 Å². The molecule has 0 aliphatic rings. The van der Waals surface area contributed by atoms with E-state index in [1.165, 1.54) is 0 Å². The van der Waals surface area contributed by atoms with Crippen molar-refractivity contribution in [2.75, 3.05) is 13.7 Å². The summed E-state index contributed by atoms with van der Waals surface area (Å²) in [4.78, 5) is 11.7. The van der Waals surface area contributed by atoms with Crippen molar-refractivity contribution in [3.8, 4) is 0 Å². The Morgan fingerprint density at radius 2 is 1.87 bits per heavy atom. The molecule has 0 heterocycles. The van der Waals surface area contributed by atoms with Crippen LogP contribution >= 0.6 is 23.2 Å². The highest BCUT2D eigenvalue weighted by Gasteiger charge is 2.07. The Balaban J connectivity index is 2.65. The third-order valence-electron chi connectivity index (χ3n) is 1.94. The summed E-state index contributed by atoms with van der Waals surface area (Å²) in [6.45, 7) is 0.583. The SMILES string of the molecule is COCCCC(=O)c1cc(Cl)cc(Cl)c1. The molecule has 1 aromatic rings. The standard InChI is InChI=1S/C11H12Cl2O2/c1-15-4-2-3-11(14)8-5-9(12)7-10(13)6-8/h5-7H,2-4H2,1H3. The lowest BCUT2D eigenvalue weighted by atomic mass is 10.1. The molecule has 0 spiro atoms. The van der Waals surface area contributed by atoms with Crippen molar-refractivity contribution in [1.29, 1.82) is 0 Å². The molecule has 0 unspecified atom stereocenters. The number of ketones is 1. The summed E-state index contributed by atoms with van der Waals surface area (Å²) >= 11 is 11.6. The van der Waals surface area contributed by atoms with Gasteiger partial charge in [0.2, 0.25) is 0 Å². The van der Waals surface area contributed by atoms with Crippen LogP contribution in [0.25, 0.3) is 0 Å². The summed E-state index contributed by atoms with van der Waals surface area (Å²) in [6.07, 6.45) is 1.16. The third-order valence-corrected chi connectivity index (χ3v) is 2.37. The molecule has 0 fully saturated rings. The van der Waals surface area contributed by atoms with E-state index >= 15 is 0 Å². The predicted molar refractivity (Wildman–Crippen MR) is 61.9 cm³/mol. The number of Topliss-reactive ketones (excluding diaryl/α,β-unsaturated/α-hetero) is 1. The van der Waals surface area contributed by atoms with E-state index in [-0.39, 0.29) is 5.78 Å². The van der Waals surface area contributed by atoms with Gasteiger partial charge < -0.3 is 4.74 Å². The number of halogens is 2. The maximum absolute atomic E-state index is 11.7. The number of hydrogen-bond acceptors (Lipinski definition) is 2. The Hall–Kier alpha value is -0.570. The minimum atomic E-state index is 0.0384. The second kappa shape index (κ2) is 6.11. The number of methoxy groups -OCH3 is 1. The van der Waals surface area contributed by atoms with Crippen LogP contribution in [0.2, 0.25) is 10.0 Å². The molecule has 0 saturated heterocycles. The molecular weight excluding hydrogens is 235 g/mol. The van der Waals surface area contributed by atoms with Gasteiger partial charge in [0, 0.05) is 35.7 Å². The van der Waals surface area contributed by atoms with Crippen molar-refractivity contribution < 1.29 is 9.53 Å². The zero-order chi connectivity index (χ0) is 11.3. The van der Waals surface area contributed by atoms with Crippen molar-refractivity contribution in [2.24, 2.45) is 0 Å². The zero-order valence-electron chi connectivity index (χ0n) is 8.43. The van der Waals surface area contributed by atoms with Gasteiger partial charge in [-0.25, -0.2) is 0 Å². The smallest absolute Gasteiger partial charge is 0.163 e. The molecular formula is C11H12Cl2O2. The van der Waals surface area contributed by atoms with Crippen LogP contribution in [0.3, 0.4) is 0 Å². The number of ether oxygens (including phenoxy) is 1. The molecule has 0 saturated carbocycles. The van der Waals surface area contributed by atoms with Crippen LogP contribution in [0, 0.1) is 0 Å². The molecule has 0 N–H and O–H groups in total. The monoisotopic (exact) mass is 246 g/mol. The van der Waals surface area contributed by atoms with Crippen LogP contribution in [0.15, 0.2) is 18.2 Å². The van der Waals surface area contributed by atoms with Gasteiger partial charge in [-0.05, 0) is 24.6 Å². The summed E-state index contributed by atoms with van der Waals surface area (Å²) in [5.74, 6) is 0.0384. The number of hydrogen-bond donors (Lipinski definition) is 0. The second-order valence-electron chi connectivity index (χ2n) is 3.18. The van der Waals surface area contributed by atoms with Crippen LogP contribution in [-0.2, 0) is 4.74 Å². The Morgan fingerprint density at radius 1 is 1.27 bits per heavy atom. The maximum Gasteiger partial charge on any atom is 0.163 e. The third kappa shape index (κ3) is 4.20. The molecule has 0 aliphatic carbocycles. The molecule has 0 amide bonds. The molecule has 1 aromatic carbocycles. The van der Waals surface area contributed by atoms with E-state index in [1.807, 2.05) is 0 Å². The fourth-order valence-corrected chi connectivity index (χ4v) is 1.76. The van der Waals surface area contributed by atoms with Gasteiger partial charge in [-0.15, -0.1) is 0 Å². The predicted octanol–water partition coefficient (Wildman–Crippen LogP) is 3.60. The molecule has 1 rings (SSSR count). The van der Waals surface area contributed by atoms with Crippen LogP contribution in [0.1, 0.15) is 23.2 Å². The van der Waals surface area contributed by atoms with Crippen LogP contribution < -0.4 is 0 Å². The highest BCUT2D eigenvalue weighted by molar-refractivity contribution is 6.35. The molecule has 2 nitrogen and oxygen atoms in total. The summed E-state index contributed by atoms with van der Waals surface area (Å²) < 4.78 is 4.87. The number of carbonyl (C=O) groups is 1. The quantitative estimate of drug-likeness (QED) is 0.587. The van der Waals surface area contributed by atoms with Crippen molar-refractivity contribution in [2.45, 2.75) is 12.8 Å². The van der Waals surface area contributed by atoms with E-state index in [0.29, 0.717) is 35.1 Å². The first-order valence-corrected chi connectivity index (χ1v) is 5.37. The van der Waals surface area contributed by atoms with Gasteiger partial charge >= 0.3 is 0 Å². The molecule has 0 bridgehead atoms. The average molecular weight is 247 g/mol. The van der Waals surface area contributed by atoms with Crippen molar-refractivity contribution in [3.63, 3.8) is 0 Å². The Kier molecular flexibility index (Phi) is 5.09. The minimum Gasteiger partial charge on any atom is -0.385 e. The zero-order valence-corrected chi connectivity index (χ0v) is 9.94. The molecule has 82 valence electrons. The number of benzene rings is 1. The summed E-state index contributed by atoms with van der Waals surface area (Å²) in [7, 11) is 1.61. The van der Waals surface area contributed by atoms with E-state index in [2.05, 4.69) is 0 Å². The topological polar surface area (TPSA) is 26.3 Å². The molecule has 4 heteroatoms. The lowest BCUT2D eigenvalue weighted by Gasteiger charge is -2.02. The molecule has 0 atom stereocenters. The number of rotatable bonds is 5. The van der Waals surface area contributed by atoms with E-state index in [0.717, 1.165) is 0 Å². The van der Waals surface area contributed by atoms with Crippen LogP contribution in [-0.4, -0.2) is 19.5 Å². The first kappa shape index (κ1) is 12.5. The largest absolute Gasteiger partial charge is 0.385 e. The van der Waals surface area contributed by atoms with E-state index in [1.54, 1.807) is 25.3 Å². The van der Waals surface area contributed by atoms with Crippen LogP contribution in [0.4, 0.5) is 0 Å². The molecule has 15 heavy (non-hydrogen) atoms. The van der Waals surface area contributed by atoms with Gasteiger partial charge in [-0.2, -0.15) is 0 Å². The Morgan fingerprint density at radius 3 is 2.40 bits per heavy atom.